The zero-order valence-corrected chi connectivity index (χ0v) is 23.9. The molecule has 8 aromatic rings. The third kappa shape index (κ3) is 4.50. The molecular formula is C40H28N4. The number of nitrogens with two attached hydrogens (primary N) is 1. The maximum atomic E-state index is 6.08. The highest BCUT2D eigenvalue weighted by molar-refractivity contribution is 6.21. The molecule has 0 unspecified atom stereocenters. The van der Waals surface area contributed by atoms with E-state index in [0.29, 0.717) is 5.69 Å². The fourth-order valence-corrected chi connectivity index (χ4v) is 6.12. The van der Waals surface area contributed by atoms with E-state index in [4.69, 9.17) is 10.7 Å². The van der Waals surface area contributed by atoms with Gasteiger partial charge in [-0.1, -0.05) is 121 Å². The lowest BCUT2D eigenvalue weighted by Gasteiger charge is -2.18. The summed E-state index contributed by atoms with van der Waals surface area (Å²) in [6, 6.07) is 50.6. The first-order chi connectivity index (χ1) is 21.7. The summed E-state index contributed by atoms with van der Waals surface area (Å²) < 4.78 is 0. The van der Waals surface area contributed by atoms with E-state index in [1.54, 1.807) is 0 Å². The topological polar surface area (TPSA) is 67.1 Å². The summed E-state index contributed by atoms with van der Waals surface area (Å²) in [7, 11) is 0. The van der Waals surface area contributed by atoms with Gasteiger partial charge in [-0.05, 0) is 73.6 Å². The second-order valence-corrected chi connectivity index (χ2v) is 11.0. The van der Waals surface area contributed by atoms with Gasteiger partial charge in [0.05, 0.1) is 22.4 Å². The van der Waals surface area contributed by atoms with Gasteiger partial charge in [-0.2, -0.15) is 0 Å². The molecule has 3 N–H and O–H groups in total. The van der Waals surface area contributed by atoms with Crippen molar-refractivity contribution in [2.45, 2.75) is 0 Å². The summed E-state index contributed by atoms with van der Waals surface area (Å²) in [5.74, 6) is 0.878. The van der Waals surface area contributed by atoms with Gasteiger partial charge < -0.3 is 10.7 Å². The lowest BCUT2D eigenvalue weighted by Crippen LogP contribution is -1.91. The van der Waals surface area contributed by atoms with Crippen molar-refractivity contribution < 1.29 is 0 Å². The van der Waals surface area contributed by atoms with E-state index in [9.17, 15) is 0 Å². The highest BCUT2D eigenvalue weighted by Gasteiger charge is 2.16. The van der Waals surface area contributed by atoms with Crippen LogP contribution in [0.3, 0.4) is 0 Å². The van der Waals surface area contributed by atoms with Crippen molar-refractivity contribution in [1.29, 1.82) is 0 Å². The number of hydrogen-bond acceptors (Lipinski definition) is 3. The van der Waals surface area contributed by atoms with Gasteiger partial charge in [-0.15, -0.1) is 0 Å². The van der Waals surface area contributed by atoms with Crippen molar-refractivity contribution in [3.63, 3.8) is 0 Å². The van der Waals surface area contributed by atoms with Crippen molar-refractivity contribution >= 4 is 50.2 Å². The number of benzene rings is 7. The van der Waals surface area contributed by atoms with Gasteiger partial charge in [0.1, 0.15) is 5.82 Å². The van der Waals surface area contributed by atoms with Crippen LogP contribution in [0.2, 0.25) is 0 Å². The van der Waals surface area contributed by atoms with Crippen molar-refractivity contribution in [3.8, 4) is 33.6 Å². The average Bonchev–Trinajstić information content (AvgIpc) is 3.52. The van der Waals surface area contributed by atoms with Gasteiger partial charge in [0, 0.05) is 11.8 Å². The zero-order valence-electron chi connectivity index (χ0n) is 23.9. The minimum absolute atomic E-state index is 0.669. The molecule has 1 heterocycles. The number of hydrogen-bond donors (Lipinski definition) is 2. The van der Waals surface area contributed by atoms with Crippen LogP contribution in [0.1, 0.15) is 5.56 Å². The molecule has 4 nitrogen and oxygen atoms in total. The SMILES string of the molecule is Nc1ccccc1/N=C/c1ccc(-c2c3ccccc3c(-c3ccc(-c4nc5ccccc5[nH]4)cc3)c3ccccc23)cc1. The number of anilines is 1. The van der Waals surface area contributed by atoms with Crippen LogP contribution < -0.4 is 5.73 Å². The summed E-state index contributed by atoms with van der Waals surface area (Å²) in [4.78, 5) is 12.9. The predicted octanol–water partition coefficient (Wildman–Crippen LogP) is 10.2. The number of nitrogens with zero attached hydrogens (tertiary/aromatic N) is 2. The highest BCUT2D eigenvalue weighted by atomic mass is 14.9. The third-order valence-electron chi connectivity index (χ3n) is 8.26. The van der Waals surface area contributed by atoms with Gasteiger partial charge in [0.25, 0.3) is 0 Å². The Morgan fingerprint density at radius 3 is 1.61 bits per heavy atom. The summed E-state index contributed by atoms with van der Waals surface area (Å²) >= 11 is 0. The maximum absolute atomic E-state index is 6.08. The van der Waals surface area contributed by atoms with Gasteiger partial charge in [0.15, 0.2) is 0 Å². The third-order valence-corrected chi connectivity index (χ3v) is 8.26. The minimum Gasteiger partial charge on any atom is -0.397 e. The monoisotopic (exact) mass is 564 g/mol. The van der Waals surface area contributed by atoms with Crippen molar-refractivity contribution in [1.82, 2.24) is 9.97 Å². The molecule has 44 heavy (non-hydrogen) atoms. The molecule has 0 saturated heterocycles. The van der Waals surface area contributed by atoms with E-state index in [0.717, 1.165) is 33.7 Å². The first-order valence-electron chi connectivity index (χ1n) is 14.7. The van der Waals surface area contributed by atoms with Crippen molar-refractivity contribution in [2.24, 2.45) is 4.99 Å². The molecule has 0 aliphatic carbocycles. The predicted molar refractivity (Wildman–Crippen MR) is 186 cm³/mol. The molecule has 0 bridgehead atoms. The highest BCUT2D eigenvalue weighted by Crippen LogP contribution is 2.43. The Kier molecular flexibility index (Phi) is 6.24. The van der Waals surface area contributed by atoms with Gasteiger partial charge in [-0.25, -0.2) is 4.98 Å². The van der Waals surface area contributed by atoms with Crippen LogP contribution in [-0.4, -0.2) is 16.2 Å². The molecule has 0 saturated carbocycles. The number of aromatic nitrogens is 2. The molecule has 0 aliphatic heterocycles. The Balaban J connectivity index is 1.23. The molecule has 0 spiro atoms. The summed E-state index contributed by atoms with van der Waals surface area (Å²) in [5.41, 5.74) is 16.4. The normalized spacial score (nSPS) is 11.6. The van der Waals surface area contributed by atoms with Crippen LogP contribution in [0.5, 0.6) is 0 Å². The molecule has 0 atom stereocenters. The lowest BCUT2D eigenvalue weighted by atomic mass is 9.86. The number of H-pyrrole nitrogens is 1. The number of rotatable bonds is 5. The fourth-order valence-electron chi connectivity index (χ4n) is 6.12. The second-order valence-electron chi connectivity index (χ2n) is 11.0. The Labute approximate surface area is 255 Å². The first-order valence-corrected chi connectivity index (χ1v) is 14.7. The molecule has 0 amide bonds. The lowest BCUT2D eigenvalue weighted by molar-refractivity contribution is 1.34. The number of imidazole rings is 1. The smallest absolute Gasteiger partial charge is 0.138 e. The summed E-state index contributed by atoms with van der Waals surface area (Å²) in [6.45, 7) is 0. The van der Waals surface area contributed by atoms with Crippen LogP contribution in [-0.2, 0) is 0 Å². The van der Waals surface area contributed by atoms with Crippen molar-refractivity contribution in [3.05, 3.63) is 151 Å². The number of fused-ring (bicyclic) bond motifs is 3. The second kappa shape index (κ2) is 10.7. The molecular weight excluding hydrogens is 536 g/mol. The van der Waals surface area contributed by atoms with Gasteiger partial charge in [-0.3, -0.25) is 4.99 Å². The molecule has 1 aromatic heterocycles. The first kappa shape index (κ1) is 25.7. The number of para-hydroxylation sites is 4. The van der Waals surface area contributed by atoms with E-state index in [1.807, 2.05) is 48.7 Å². The van der Waals surface area contributed by atoms with E-state index in [1.165, 1.54) is 43.8 Å². The summed E-state index contributed by atoms with van der Waals surface area (Å²) in [6.07, 6.45) is 1.86. The van der Waals surface area contributed by atoms with Crippen LogP contribution >= 0.6 is 0 Å². The van der Waals surface area contributed by atoms with Gasteiger partial charge in [0.2, 0.25) is 0 Å². The number of nitrogens with one attached hydrogen (secondary N) is 1. The van der Waals surface area contributed by atoms with E-state index < -0.39 is 0 Å². The van der Waals surface area contributed by atoms with E-state index in [2.05, 4.69) is 113 Å². The number of aliphatic imine (C=N–C) groups is 1. The molecule has 0 radical (unpaired) electrons. The molecule has 4 heteroatoms. The minimum atomic E-state index is 0.669. The molecule has 208 valence electrons. The van der Waals surface area contributed by atoms with Crippen LogP contribution in [0.4, 0.5) is 11.4 Å². The number of nitrogen functional groups attached to an aromatic ring is 1. The van der Waals surface area contributed by atoms with E-state index >= 15 is 0 Å². The Bertz CT molecular complexity index is 2240. The molecule has 0 fully saturated rings. The Hall–Kier alpha value is -6.00. The number of aromatic amines is 1. The average molecular weight is 565 g/mol. The summed E-state index contributed by atoms with van der Waals surface area (Å²) in [5, 5.41) is 4.90. The fraction of sp³-hybridized carbons (Fsp3) is 0. The van der Waals surface area contributed by atoms with Crippen LogP contribution in [0.25, 0.3) is 66.2 Å². The van der Waals surface area contributed by atoms with Crippen LogP contribution in [0, 0.1) is 0 Å². The largest absolute Gasteiger partial charge is 0.397 e. The quantitative estimate of drug-likeness (QED) is 0.124. The zero-order chi connectivity index (χ0) is 29.5. The Morgan fingerprint density at radius 2 is 1.02 bits per heavy atom. The van der Waals surface area contributed by atoms with Gasteiger partial charge >= 0.3 is 0 Å². The molecule has 0 aliphatic rings. The standard InChI is InChI=1S/C40H28N4/c41-34-13-5-6-14-35(34)42-25-26-17-19-27(20-18-26)38-30-9-1-3-11-32(30)39(33-12-4-2-10-31(33)38)28-21-23-29(24-22-28)40-43-36-15-7-8-16-37(36)44-40/h1-25H,41H2,(H,43,44)/b42-25+. The van der Waals surface area contributed by atoms with Crippen molar-refractivity contribution in [2.75, 3.05) is 5.73 Å². The molecule has 7 aromatic carbocycles. The Morgan fingerprint density at radius 1 is 0.523 bits per heavy atom. The molecule has 8 rings (SSSR count). The maximum Gasteiger partial charge on any atom is 0.138 e. The van der Waals surface area contributed by atoms with Crippen LogP contribution in [0.15, 0.2) is 151 Å². The van der Waals surface area contributed by atoms with E-state index in [-0.39, 0.29) is 0 Å².